The van der Waals surface area contributed by atoms with Crippen LogP contribution in [0.3, 0.4) is 0 Å². The van der Waals surface area contributed by atoms with E-state index in [1.807, 2.05) is 6.07 Å². The Kier molecular flexibility index (Phi) is 4.09. The molecule has 0 spiro atoms. The van der Waals surface area contributed by atoms with Crippen LogP contribution in [-0.2, 0) is 5.75 Å². The van der Waals surface area contributed by atoms with Gasteiger partial charge in [-0.15, -0.1) is 11.8 Å². The lowest BCUT2D eigenvalue weighted by Gasteiger charge is -2.06. The molecule has 0 heterocycles. The van der Waals surface area contributed by atoms with Crippen LogP contribution < -0.4 is 5.73 Å². The van der Waals surface area contributed by atoms with Crippen molar-refractivity contribution in [2.75, 3.05) is 5.73 Å². The number of nitrogens with two attached hydrogens (primary N) is 1. The molecular formula is C13H10ClF2NS. The predicted octanol–water partition coefficient (Wildman–Crippen LogP) is 4.49. The van der Waals surface area contributed by atoms with E-state index in [4.69, 9.17) is 17.3 Å². The van der Waals surface area contributed by atoms with E-state index in [1.165, 1.54) is 0 Å². The van der Waals surface area contributed by atoms with Gasteiger partial charge < -0.3 is 5.73 Å². The molecule has 0 saturated heterocycles. The fourth-order valence-corrected chi connectivity index (χ4v) is 2.60. The van der Waals surface area contributed by atoms with Crippen molar-refractivity contribution in [1.29, 1.82) is 0 Å². The van der Waals surface area contributed by atoms with Gasteiger partial charge in [-0.1, -0.05) is 23.7 Å². The minimum atomic E-state index is -0.639. The molecule has 0 bridgehead atoms. The number of nitrogen functional groups attached to an aromatic ring is 1. The summed E-state index contributed by atoms with van der Waals surface area (Å²) in [5, 5.41) is 0.603. The van der Waals surface area contributed by atoms with E-state index >= 15 is 0 Å². The number of hydrogen-bond donors (Lipinski definition) is 1. The lowest BCUT2D eigenvalue weighted by Crippen LogP contribution is -1.93. The van der Waals surface area contributed by atoms with Gasteiger partial charge in [0.05, 0.1) is 4.90 Å². The van der Waals surface area contributed by atoms with Crippen LogP contribution >= 0.6 is 23.4 Å². The first-order valence-corrected chi connectivity index (χ1v) is 6.54. The molecule has 0 radical (unpaired) electrons. The van der Waals surface area contributed by atoms with Gasteiger partial charge in [-0.3, -0.25) is 0 Å². The molecule has 0 atom stereocenters. The fourth-order valence-electron chi connectivity index (χ4n) is 1.50. The Bertz CT molecular complexity index is 552. The molecule has 0 aliphatic carbocycles. The largest absolute Gasteiger partial charge is 0.399 e. The summed E-state index contributed by atoms with van der Waals surface area (Å²) in [6.07, 6.45) is 0. The Hall–Kier alpha value is -1.26. The molecule has 0 unspecified atom stereocenters. The van der Waals surface area contributed by atoms with Gasteiger partial charge >= 0.3 is 0 Å². The molecule has 0 aliphatic heterocycles. The van der Waals surface area contributed by atoms with Gasteiger partial charge in [-0.25, -0.2) is 8.78 Å². The molecule has 2 N–H and O–H groups in total. The maximum atomic E-state index is 13.5. The first kappa shape index (κ1) is 13.2. The standard InChI is InChI=1S/C13H10ClF2NS/c14-9-3-1-2-8(4-9)7-18-13-11(15)5-10(17)6-12(13)16/h1-6H,7,17H2. The van der Waals surface area contributed by atoms with E-state index in [2.05, 4.69) is 0 Å². The summed E-state index contributed by atoms with van der Waals surface area (Å²) >= 11 is 6.92. The lowest BCUT2D eigenvalue weighted by molar-refractivity contribution is 0.542. The van der Waals surface area contributed by atoms with Crippen LogP contribution in [0.1, 0.15) is 5.56 Å². The summed E-state index contributed by atoms with van der Waals surface area (Å²) in [5.41, 5.74) is 6.34. The van der Waals surface area contributed by atoms with Crippen molar-refractivity contribution in [3.63, 3.8) is 0 Å². The highest BCUT2D eigenvalue weighted by atomic mass is 35.5. The number of hydrogen-bond acceptors (Lipinski definition) is 2. The minimum absolute atomic E-state index is 0.0239. The van der Waals surface area contributed by atoms with Crippen molar-refractivity contribution >= 4 is 29.1 Å². The molecule has 18 heavy (non-hydrogen) atoms. The average molecular weight is 286 g/mol. The summed E-state index contributed by atoms with van der Waals surface area (Å²) in [7, 11) is 0. The highest BCUT2D eigenvalue weighted by Gasteiger charge is 2.11. The van der Waals surface area contributed by atoms with Gasteiger partial charge in [0.15, 0.2) is 0 Å². The molecule has 5 heteroatoms. The molecule has 0 fully saturated rings. The van der Waals surface area contributed by atoms with E-state index in [0.29, 0.717) is 10.8 Å². The molecule has 0 aliphatic rings. The van der Waals surface area contributed by atoms with Gasteiger partial charge in [0.1, 0.15) is 11.6 Å². The highest BCUT2D eigenvalue weighted by Crippen LogP contribution is 2.30. The van der Waals surface area contributed by atoms with Crippen LogP contribution in [0.15, 0.2) is 41.3 Å². The Balaban J connectivity index is 2.16. The van der Waals surface area contributed by atoms with Crippen molar-refractivity contribution in [2.24, 2.45) is 0 Å². The molecule has 0 amide bonds. The molecule has 1 nitrogen and oxygen atoms in total. The highest BCUT2D eigenvalue weighted by molar-refractivity contribution is 7.98. The lowest BCUT2D eigenvalue weighted by atomic mass is 10.2. The monoisotopic (exact) mass is 285 g/mol. The minimum Gasteiger partial charge on any atom is -0.399 e. The molecule has 2 rings (SSSR count). The second-order valence-electron chi connectivity index (χ2n) is 3.73. The summed E-state index contributed by atoms with van der Waals surface area (Å²) in [6, 6.07) is 9.40. The zero-order chi connectivity index (χ0) is 13.1. The van der Waals surface area contributed by atoms with Crippen molar-refractivity contribution in [2.45, 2.75) is 10.6 Å². The van der Waals surface area contributed by atoms with Crippen molar-refractivity contribution in [3.8, 4) is 0 Å². The normalized spacial score (nSPS) is 10.6. The van der Waals surface area contributed by atoms with Crippen molar-refractivity contribution < 1.29 is 8.78 Å². The van der Waals surface area contributed by atoms with Crippen LogP contribution in [0, 0.1) is 11.6 Å². The Morgan fingerprint density at radius 1 is 1.11 bits per heavy atom. The van der Waals surface area contributed by atoms with E-state index in [9.17, 15) is 8.78 Å². The number of halogens is 3. The molecule has 2 aromatic rings. The zero-order valence-corrected chi connectivity index (χ0v) is 10.9. The third kappa shape index (κ3) is 3.15. The van der Waals surface area contributed by atoms with Crippen LogP contribution in [-0.4, -0.2) is 0 Å². The summed E-state index contributed by atoms with van der Waals surface area (Å²) < 4.78 is 27.1. The van der Waals surface area contributed by atoms with Crippen LogP contribution in [0.2, 0.25) is 5.02 Å². The first-order valence-electron chi connectivity index (χ1n) is 5.18. The van der Waals surface area contributed by atoms with Crippen LogP contribution in [0.5, 0.6) is 0 Å². The summed E-state index contributed by atoms with van der Waals surface area (Å²) in [6.45, 7) is 0. The third-order valence-electron chi connectivity index (χ3n) is 2.29. The Morgan fingerprint density at radius 3 is 2.39 bits per heavy atom. The van der Waals surface area contributed by atoms with E-state index in [1.54, 1.807) is 18.2 Å². The van der Waals surface area contributed by atoms with Crippen LogP contribution in [0.4, 0.5) is 14.5 Å². The van der Waals surface area contributed by atoms with E-state index in [-0.39, 0.29) is 10.6 Å². The topological polar surface area (TPSA) is 26.0 Å². The van der Waals surface area contributed by atoms with Gasteiger partial charge in [-0.05, 0) is 29.8 Å². The van der Waals surface area contributed by atoms with Crippen LogP contribution in [0.25, 0.3) is 0 Å². The van der Waals surface area contributed by atoms with Gasteiger partial charge in [0.25, 0.3) is 0 Å². The third-order valence-corrected chi connectivity index (χ3v) is 3.68. The quantitative estimate of drug-likeness (QED) is 0.664. The molecule has 0 saturated carbocycles. The van der Waals surface area contributed by atoms with Gasteiger partial charge in [0.2, 0.25) is 0 Å². The summed E-state index contributed by atoms with van der Waals surface area (Å²) in [5.74, 6) is -0.836. The number of anilines is 1. The number of thioether (sulfide) groups is 1. The smallest absolute Gasteiger partial charge is 0.141 e. The fraction of sp³-hybridized carbons (Fsp3) is 0.0769. The molecule has 94 valence electrons. The molecular weight excluding hydrogens is 276 g/mol. The van der Waals surface area contributed by atoms with Crippen molar-refractivity contribution in [1.82, 2.24) is 0 Å². The maximum Gasteiger partial charge on any atom is 0.141 e. The van der Waals surface area contributed by atoms with Gasteiger partial charge in [-0.2, -0.15) is 0 Å². The molecule has 0 aromatic heterocycles. The SMILES string of the molecule is Nc1cc(F)c(SCc2cccc(Cl)c2)c(F)c1. The van der Waals surface area contributed by atoms with E-state index in [0.717, 1.165) is 29.5 Å². The average Bonchev–Trinajstić information content (AvgIpc) is 2.27. The second-order valence-corrected chi connectivity index (χ2v) is 5.15. The van der Waals surface area contributed by atoms with Gasteiger partial charge in [0, 0.05) is 16.5 Å². The zero-order valence-electron chi connectivity index (χ0n) is 9.29. The Morgan fingerprint density at radius 2 is 1.78 bits per heavy atom. The number of benzene rings is 2. The Labute approximate surface area is 113 Å². The van der Waals surface area contributed by atoms with Crippen molar-refractivity contribution in [3.05, 3.63) is 58.6 Å². The number of rotatable bonds is 3. The second kappa shape index (κ2) is 5.59. The van der Waals surface area contributed by atoms with E-state index < -0.39 is 11.6 Å². The summed E-state index contributed by atoms with van der Waals surface area (Å²) in [4.78, 5) is -0.0239. The molecule has 2 aromatic carbocycles. The predicted molar refractivity (Wildman–Crippen MR) is 71.8 cm³/mol. The first-order chi connectivity index (χ1) is 8.56. The maximum absolute atomic E-state index is 13.5.